The van der Waals surface area contributed by atoms with Crippen molar-refractivity contribution in [1.82, 2.24) is 15.0 Å². The second-order valence-corrected chi connectivity index (χ2v) is 7.14. The lowest BCUT2D eigenvalue weighted by Gasteiger charge is -2.15. The molecule has 8 heteroatoms. The van der Waals surface area contributed by atoms with E-state index in [4.69, 9.17) is 18.7 Å². The first kappa shape index (κ1) is 23.1. The van der Waals surface area contributed by atoms with Crippen LogP contribution in [0.1, 0.15) is 31.7 Å². The maximum absolute atomic E-state index is 12.6. The minimum absolute atomic E-state index is 0.0158. The molecule has 1 heterocycles. The van der Waals surface area contributed by atoms with Crippen molar-refractivity contribution < 1.29 is 23.5 Å². The van der Waals surface area contributed by atoms with Crippen LogP contribution in [0.2, 0.25) is 0 Å². The van der Waals surface area contributed by atoms with Crippen molar-refractivity contribution in [1.29, 1.82) is 0 Å². The maximum atomic E-state index is 12.6. The van der Waals surface area contributed by atoms with Gasteiger partial charge in [0, 0.05) is 19.0 Å². The van der Waals surface area contributed by atoms with Crippen LogP contribution >= 0.6 is 0 Å². The van der Waals surface area contributed by atoms with Gasteiger partial charge in [0.2, 0.25) is 17.6 Å². The van der Waals surface area contributed by atoms with Crippen molar-refractivity contribution in [2.24, 2.45) is 0 Å². The van der Waals surface area contributed by atoms with Crippen molar-refractivity contribution in [3.8, 4) is 28.6 Å². The largest absolute Gasteiger partial charge is 0.497 e. The third kappa shape index (κ3) is 6.00. The predicted molar refractivity (Wildman–Crippen MR) is 120 cm³/mol. The van der Waals surface area contributed by atoms with Crippen LogP contribution in [0, 0.1) is 0 Å². The Bertz CT molecular complexity index is 1030. The third-order valence-electron chi connectivity index (χ3n) is 4.83. The van der Waals surface area contributed by atoms with Crippen LogP contribution in [-0.4, -0.2) is 48.3 Å². The second-order valence-electron chi connectivity index (χ2n) is 7.14. The molecule has 1 aromatic heterocycles. The average molecular weight is 440 g/mol. The molecule has 3 rings (SSSR count). The molecule has 170 valence electrons. The predicted octanol–water partition coefficient (Wildman–Crippen LogP) is 4.13. The fraction of sp³-hybridized carbons (Fsp3) is 0.375. The number of carbonyl (C=O) groups excluding carboxylic acids is 1. The first-order chi connectivity index (χ1) is 15.5. The molecule has 0 N–H and O–H groups in total. The summed E-state index contributed by atoms with van der Waals surface area (Å²) in [4.78, 5) is 18.6. The topological polar surface area (TPSA) is 86.9 Å². The molecule has 0 aliphatic heterocycles. The number of methoxy groups -OCH3 is 1. The van der Waals surface area contributed by atoms with E-state index in [9.17, 15) is 4.79 Å². The summed E-state index contributed by atoms with van der Waals surface area (Å²) in [5, 5.41) is 4.01. The molecule has 3 aromatic rings. The lowest BCUT2D eigenvalue weighted by Crippen LogP contribution is -2.26. The molecule has 0 fully saturated rings. The number of rotatable bonds is 11. The summed E-state index contributed by atoms with van der Waals surface area (Å²) < 4.78 is 21.8. The molecule has 0 aliphatic rings. The number of nitrogens with zero attached hydrogens (tertiary/aromatic N) is 3. The molecule has 0 unspecified atom stereocenters. The molecular formula is C24H29N3O5. The summed E-state index contributed by atoms with van der Waals surface area (Å²) in [5.74, 6) is 2.94. The van der Waals surface area contributed by atoms with Gasteiger partial charge in [-0.05, 0) is 50.1 Å². The lowest BCUT2D eigenvalue weighted by atomic mass is 10.1. The van der Waals surface area contributed by atoms with Crippen molar-refractivity contribution >= 4 is 5.91 Å². The van der Waals surface area contributed by atoms with E-state index in [-0.39, 0.29) is 12.5 Å². The van der Waals surface area contributed by atoms with E-state index in [1.807, 2.05) is 56.3 Å². The zero-order valence-electron chi connectivity index (χ0n) is 19.0. The highest BCUT2D eigenvalue weighted by atomic mass is 16.5. The molecule has 0 saturated carbocycles. The normalized spacial score (nSPS) is 10.6. The number of aromatic nitrogens is 2. The standard InChI is InChI=1S/C24H29N3O5/c1-5-30-20-12-10-17(14-21(20)31-6-2)11-13-23(28)27(3)16-22-25-24(26-32-22)18-8-7-9-19(15-18)29-4/h7-10,12,14-15H,5-6,11,13,16H2,1-4H3. The highest BCUT2D eigenvalue weighted by molar-refractivity contribution is 5.76. The van der Waals surface area contributed by atoms with Gasteiger partial charge < -0.3 is 23.6 Å². The molecule has 0 bridgehead atoms. The summed E-state index contributed by atoms with van der Waals surface area (Å²) in [5.41, 5.74) is 1.80. The van der Waals surface area contributed by atoms with E-state index in [0.717, 1.165) is 11.1 Å². The fourth-order valence-electron chi connectivity index (χ4n) is 3.18. The Morgan fingerprint density at radius 1 is 1.06 bits per heavy atom. The van der Waals surface area contributed by atoms with E-state index in [0.29, 0.717) is 55.0 Å². The molecule has 0 aliphatic carbocycles. The highest BCUT2D eigenvalue weighted by Crippen LogP contribution is 2.29. The fourth-order valence-corrected chi connectivity index (χ4v) is 3.18. The van der Waals surface area contributed by atoms with Crippen LogP contribution in [0.15, 0.2) is 47.0 Å². The van der Waals surface area contributed by atoms with Crippen LogP contribution in [-0.2, 0) is 17.8 Å². The van der Waals surface area contributed by atoms with Crippen LogP contribution in [0.5, 0.6) is 17.2 Å². The van der Waals surface area contributed by atoms with Gasteiger partial charge >= 0.3 is 0 Å². The lowest BCUT2D eigenvalue weighted by molar-refractivity contribution is -0.130. The first-order valence-corrected chi connectivity index (χ1v) is 10.6. The number of carbonyl (C=O) groups is 1. The van der Waals surface area contributed by atoms with Gasteiger partial charge in [0.15, 0.2) is 11.5 Å². The van der Waals surface area contributed by atoms with Crippen LogP contribution in [0.3, 0.4) is 0 Å². The summed E-state index contributed by atoms with van der Waals surface area (Å²) in [6.07, 6.45) is 0.946. The molecule has 8 nitrogen and oxygen atoms in total. The third-order valence-corrected chi connectivity index (χ3v) is 4.83. The van der Waals surface area contributed by atoms with Crippen molar-refractivity contribution in [3.05, 3.63) is 53.9 Å². The Balaban J connectivity index is 1.57. The van der Waals surface area contributed by atoms with E-state index in [1.165, 1.54) is 0 Å². The van der Waals surface area contributed by atoms with Crippen LogP contribution in [0.4, 0.5) is 0 Å². The number of aryl methyl sites for hydroxylation is 1. The monoisotopic (exact) mass is 439 g/mol. The Labute approximate surface area is 188 Å². The quantitative estimate of drug-likeness (QED) is 0.444. The van der Waals surface area contributed by atoms with Gasteiger partial charge in [-0.3, -0.25) is 4.79 Å². The van der Waals surface area contributed by atoms with Gasteiger partial charge in [0.05, 0.1) is 26.9 Å². The summed E-state index contributed by atoms with van der Waals surface area (Å²) in [6.45, 7) is 5.22. The minimum atomic E-state index is -0.0158. The number of benzene rings is 2. The summed E-state index contributed by atoms with van der Waals surface area (Å²) in [7, 11) is 3.33. The van der Waals surface area contributed by atoms with Crippen LogP contribution < -0.4 is 14.2 Å². The van der Waals surface area contributed by atoms with Crippen molar-refractivity contribution in [3.63, 3.8) is 0 Å². The number of hydrogen-bond acceptors (Lipinski definition) is 7. The zero-order valence-corrected chi connectivity index (χ0v) is 19.0. The van der Waals surface area contributed by atoms with E-state index >= 15 is 0 Å². The molecule has 32 heavy (non-hydrogen) atoms. The second kappa shape index (κ2) is 11.2. The Morgan fingerprint density at radius 2 is 1.84 bits per heavy atom. The Morgan fingerprint density at radius 3 is 2.59 bits per heavy atom. The SMILES string of the molecule is CCOc1ccc(CCC(=O)N(C)Cc2nc(-c3cccc(OC)c3)no2)cc1OCC. The Kier molecular flexibility index (Phi) is 8.08. The highest BCUT2D eigenvalue weighted by Gasteiger charge is 2.16. The van der Waals surface area contributed by atoms with E-state index in [2.05, 4.69) is 10.1 Å². The zero-order chi connectivity index (χ0) is 22.9. The van der Waals surface area contributed by atoms with Gasteiger partial charge in [-0.1, -0.05) is 23.4 Å². The Hall–Kier alpha value is -3.55. The molecule has 1 amide bonds. The number of ether oxygens (including phenoxy) is 3. The summed E-state index contributed by atoms with van der Waals surface area (Å²) >= 11 is 0. The minimum Gasteiger partial charge on any atom is -0.497 e. The molecule has 0 saturated heterocycles. The molecule has 0 radical (unpaired) electrons. The van der Waals surface area contributed by atoms with E-state index < -0.39 is 0 Å². The van der Waals surface area contributed by atoms with Gasteiger partial charge in [-0.25, -0.2) is 0 Å². The van der Waals surface area contributed by atoms with E-state index in [1.54, 1.807) is 19.1 Å². The average Bonchev–Trinajstić information content (AvgIpc) is 3.27. The first-order valence-electron chi connectivity index (χ1n) is 10.6. The van der Waals surface area contributed by atoms with Crippen molar-refractivity contribution in [2.75, 3.05) is 27.4 Å². The smallest absolute Gasteiger partial charge is 0.246 e. The van der Waals surface area contributed by atoms with Gasteiger partial charge in [-0.2, -0.15) is 4.98 Å². The number of hydrogen-bond donors (Lipinski definition) is 0. The van der Waals surface area contributed by atoms with Gasteiger partial charge in [-0.15, -0.1) is 0 Å². The van der Waals surface area contributed by atoms with Gasteiger partial charge in [0.1, 0.15) is 5.75 Å². The molecule has 2 aromatic carbocycles. The van der Waals surface area contributed by atoms with Gasteiger partial charge in [0.25, 0.3) is 0 Å². The molecule has 0 atom stereocenters. The summed E-state index contributed by atoms with van der Waals surface area (Å²) in [6, 6.07) is 13.2. The maximum Gasteiger partial charge on any atom is 0.246 e. The number of amides is 1. The van der Waals surface area contributed by atoms with Crippen molar-refractivity contribution in [2.45, 2.75) is 33.2 Å². The van der Waals surface area contributed by atoms with Crippen LogP contribution in [0.25, 0.3) is 11.4 Å². The molecule has 0 spiro atoms. The molecular weight excluding hydrogens is 410 g/mol.